The Balaban J connectivity index is 2.18. The van der Waals surface area contributed by atoms with E-state index in [1.807, 2.05) is 0 Å². The molecule has 0 saturated carbocycles. The monoisotopic (exact) mass is 335 g/mol. The van der Waals surface area contributed by atoms with Crippen molar-refractivity contribution in [1.82, 2.24) is 0 Å². The van der Waals surface area contributed by atoms with Crippen LogP contribution in [0.5, 0.6) is 5.75 Å². The number of hydrogen-bond donors (Lipinski definition) is 0. The van der Waals surface area contributed by atoms with Gasteiger partial charge in [0, 0.05) is 11.1 Å². The van der Waals surface area contributed by atoms with E-state index in [0.717, 1.165) is 11.6 Å². The van der Waals surface area contributed by atoms with Gasteiger partial charge in [0.2, 0.25) is 0 Å². The summed E-state index contributed by atoms with van der Waals surface area (Å²) in [6, 6.07) is 10.8. The van der Waals surface area contributed by atoms with Crippen LogP contribution < -0.4 is 4.74 Å². The lowest BCUT2D eigenvalue weighted by molar-refractivity contribution is -0.385. The molecule has 23 heavy (non-hydrogen) atoms. The SMILES string of the molecule is COc1ccc(C(=O)OC(C)c2ccc(Cl)cc2)cc1[N+](=O)[O-]. The summed E-state index contributed by atoms with van der Waals surface area (Å²) in [4.78, 5) is 22.5. The van der Waals surface area contributed by atoms with Crippen LogP contribution in [-0.4, -0.2) is 18.0 Å². The fraction of sp³-hybridized carbons (Fsp3) is 0.188. The van der Waals surface area contributed by atoms with Gasteiger partial charge in [-0.1, -0.05) is 23.7 Å². The highest BCUT2D eigenvalue weighted by Gasteiger charge is 2.20. The smallest absolute Gasteiger partial charge is 0.338 e. The van der Waals surface area contributed by atoms with Gasteiger partial charge in [0.15, 0.2) is 5.75 Å². The van der Waals surface area contributed by atoms with Crippen LogP contribution in [0.15, 0.2) is 42.5 Å². The van der Waals surface area contributed by atoms with E-state index in [2.05, 4.69) is 0 Å². The van der Waals surface area contributed by atoms with E-state index in [4.69, 9.17) is 21.1 Å². The fourth-order valence-electron chi connectivity index (χ4n) is 1.99. The van der Waals surface area contributed by atoms with Gasteiger partial charge in [-0.15, -0.1) is 0 Å². The third kappa shape index (κ3) is 3.98. The van der Waals surface area contributed by atoms with Crippen LogP contribution in [0.3, 0.4) is 0 Å². The number of benzene rings is 2. The number of ether oxygens (including phenoxy) is 2. The number of carbonyl (C=O) groups is 1. The average molecular weight is 336 g/mol. The highest BCUT2D eigenvalue weighted by Crippen LogP contribution is 2.28. The molecule has 0 heterocycles. The van der Waals surface area contributed by atoms with Crippen LogP contribution >= 0.6 is 11.6 Å². The van der Waals surface area contributed by atoms with Gasteiger partial charge in [0.25, 0.3) is 0 Å². The number of rotatable bonds is 5. The zero-order chi connectivity index (χ0) is 17.0. The molecule has 0 aliphatic rings. The molecule has 6 nitrogen and oxygen atoms in total. The van der Waals surface area contributed by atoms with Crippen LogP contribution in [0.25, 0.3) is 0 Å². The van der Waals surface area contributed by atoms with Crippen molar-refractivity contribution < 1.29 is 19.2 Å². The van der Waals surface area contributed by atoms with Gasteiger partial charge in [0.05, 0.1) is 17.6 Å². The molecule has 2 aromatic rings. The van der Waals surface area contributed by atoms with E-state index in [1.165, 1.54) is 19.2 Å². The fourth-order valence-corrected chi connectivity index (χ4v) is 2.12. The third-order valence-corrected chi connectivity index (χ3v) is 3.49. The molecule has 0 N–H and O–H groups in total. The minimum absolute atomic E-state index is 0.0808. The molecular formula is C16H14ClNO5. The molecule has 0 amide bonds. The van der Waals surface area contributed by atoms with Crippen molar-refractivity contribution in [1.29, 1.82) is 0 Å². The molecule has 7 heteroatoms. The van der Waals surface area contributed by atoms with Crippen LogP contribution in [0.2, 0.25) is 5.02 Å². The van der Waals surface area contributed by atoms with E-state index in [9.17, 15) is 14.9 Å². The number of nitro groups is 1. The predicted octanol–water partition coefficient (Wildman–Crippen LogP) is 4.17. The van der Waals surface area contributed by atoms with E-state index >= 15 is 0 Å². The summed E-state index contributed by atoms with van der Waals surface area (Å²) < 4.78 is 10.2. The molecule has 0 bridgehead atoms. The van der Waals surface area contributed by atoms with Gasteiger partial charge in [0.1, 0.15) is 6.10 Å². The second-order valence-corrected chi connectivity index (χ2v) is 5.18. The molecule has 0 aliphatic heterocycles. The summed E-state index contributed by atoms with van der Waals surface area (Å²) in [5.74, 6) is -0.574. The highest BCUT2D eigenvalue weighted by atomic mass is 35.5. The predicted molar refractivity (Wildman–Crippen MR) is 84.9 cm³/mol. The Morgan fingerprint density at radius 2 is 1.87 bits per heavy atom. The summed E-state index contributed by atoms with van der Waals surface area (Å²) in [5.41, 5.74) is 0.560. The number of nitrogens with zero attached hydrogens (tertiary/aromatic N) is 1. The molecule has 1 unspecified atom stereocenters. The number of carbonyl (C=O) groups excluding carboxylic acids is 1. The molecule has 2 rings (SSSR count). The molecule has 0 spiro atoms. The molecule has 0 aromatic heterocycles. The van der Waals surface area contributed by atoms with Gasteiger partial charge in [-0.05, 0) is 36.8 Å². The number of hydrogen-bond acceptors (Lipinski definition) is 5. The summed E-state index contributed by atoms with van der Waals surface area (Å²) in [5, 5.41) is 11.6. The topological polar surface area (TPSA) is 78.7 Å². The van der Waals surface area contributed by atoms with Gasteiger partial charge in [-0.3, -0.25) is 10.1 Å². The van der Waals surface area contributed by atoms with Crippen LogP contribution in [0, 0.1) is 10.1 Å². The lowest BCUT2D eigenvalue weighted by Crippen LogP contribution is -2.09. The Morgan fingerprint density at radius 1 is 1.22 bits per heavy atom. The number of methoxy groups -OCH3 is 1. The summed E-state index contributed by atoms with van der Waals surface area (Å²) in [6.07, 6.45) is -0.513. The lowest BCUT2D eigenvalue weighted by Gasteiger charge is -2.14. The van der Waals surface area contributed by atoms with Gasteiger partial charge < -0.3 is 9.47 Å². The summed E-state index contributed by atoms with van der Waals surface area (Å²) in [7, 11) is 1.32. The number of esters is 1. The second-order valence-electron chi connectivity index (χ2n) is 4.74. The average Bonchev–Trinajstić information content (AvgIpc) is 2.54. The summed E-state index contributed by atoms with van der Waals surface area (Å²) in [6.45, 7) is 1.71. The maximum Gasteiger partial charge on any atom is 0.338 e. The molecule has 120 valence electrons. The molecule has 0 aliphatic carbocycles. The zero-order valence-electron chi connectivity index (χ0n) is 12.5. The van der Waals surface area contributed by atoms with Crippen LogP contribution in [0.1, 0.15) is 28.9 Å². The van der Waals surface area contributed by atoms with Gasteiger partial charge in [-0.2, -0.15) is 0 Å². The molecule has 1 atom stereocenters. The summed E-state index contributed by atoms with van der Waals surface area (Å²) >= 11 is 5.81. The van der Waals surface area contributed by atoms with Gasteiger partial charge in [-0.25, -0.2) is 4.79 Å². The Hall–Kier alpha value is -2.60. The van der Waals surface area contributed by atoms with E-state index in [0.29, 0.717) is 5.02 Å². The maximum atomic E-state index is 12.2. The minimum atomic E-state index is -0.654. The third-order valence-electron chi connectivity index (χ3n) is 3.23. The Kier molecular flexibility index (Phi) is 5.18. The Labute approximate surface area is 137 Å². The van der Waals surface area contributed by atoms with Crippen LogP contribution in [-0.2, 0) is 4.74 Å². The maximum absolute atomic E-state index is 12.2. The lowest BCUT2D eigenvalue weighted by atomic mass is 10.1. The van der Waals surface area contributed by atoms with E-state index in [-0.39, 0.29) is 17.0 Å². The normalized spacial score (nSPS) is 11.6. The molecule has 0 saturated heterocycles. The standard InChI is InChI=1S/C16H14ClNO5/c1-10(11-3-6-13(17)7-4-11)23-16(19)12-5-8-15(22-2)14(9-12)18(20)21/h3-10H,1-2H3. The molecule has 0 fully saturated rings. The van der Waals surface area contributed by atoms with Gasteiger partial charge >= 0.3 is 11.7 Å². The Bertz CT molecular complexity index is 730. The Morgan fingerprint density at radius 3 is 2.43 bits per heavy atom. The molecular weight excluding hydrogens is 322 g/mol. The number of halogens is 1. The first-order chi connectivity index (χ1) is 10.9. The zero-order valence-corrected chi connectivity index (χ0v) is 13.2. The van der Waals surface area contributed by atoms with Crippen molar-refractivity contribution >= 4 is 23.3 Å². The van der Waals surface area contributed by atoms with E-state index < -0.39 is 17.0 Å². The first-order valence-corrected chi connectivity index (χ1v) is 7.09. The van der Waals surface area contributed by atoms with Crippen molar-refractivity contribution in [2.75, 3.05) is 7.11 Å². The second kappa shape index (κ2) is 7.11. The van der Waals surface area contributed by atoms with Crippen molar-refractivity contribution in [3.8, 4) is 5.75 Å². The molecule has 0 radical (unpaired) electrons. The highest BCUT2D eigenvalue weighted by molar-refractivity contribution is 6.30. The van der Waals surface area contributed by atoms with Crippen molar-refractivity contribution in [3.05, 3.63) is 68.7 Å². The number of nitro benzene ring substituents is 1. The van der Waals surface area contributed by atoms with E-state index in [1.54, 1.807) is 31.2 Å². The largest absolute Gasteiger partial charge is 0.490 e. The van der Waals surface area contributed by atoms with Crippen molar-refractivity contribution in [3.63, 3.8) is 0 Å². The first-order valence-electron chi connectivity index (χ1n) is 6.71. The first kappa shape index (κ1) is 16.8. The van der Waals surface area contributed by atoms with Crippen LogP contribution in [0.4, 0.5) is 5.69 Å². The minimum Gasteiger partial charge on any atom is -0.490 e. The quantitative estimate of drug-likeness (QED) is 0.465. The van der Waals surface area contributed by atoms with Crippen molar-refractivity contribution in [2.24, 2.45) is 0 Å². The molecule has 2 aromatic carbocycles. The van der Waals surface area contributed by atoms with Crippen molar-refractivity contribution in [2.45, 2.75) is 13.0 Å².